The van der Waals surface area contributed by atoms with Crippen LogP contribution in [0.2, 0.25) is 5.02 Å². The maximum atomic E-state index is 11.4. The number of hydrogen-bond donors (Lipinski definition) is 1. The predicted octanol–water partition coefficient (Wildman–Crippen LogP) is 2.86. The molecule has 0 atom stereocenters. The molecule has 0 aliphatic carbocycles. The number of ether oxygens (including phenoxy) is 1. The van der Waals surface area contributed by atoms with Crippen LogP contribution < -0.4 is 0 Å². The summed E-state index contributed by atoms with van der Waals surface area (Å²) >= 11 is 8.77. The number of esters is 1. The zero-order valence-electron chi connectivity index (χ0n) is 8.25. The van der Waals surface area contributed by atoms with Crippen LogP contribution in [0.15, 0.2) is 10.5 Å². The van der Waals surface area contributed by atoms with Gasteiger partial charge in [0.1, 0.15) is 17.4 Å². The molecule has 1 aromatic carbocycles. The highest BCUT2D eigenvalue weighted by Crippen LogP contribution is 2.37. The summed E-state index contributed by atoms with van der Waals surface area (Å²) in [6.07, 6.45) is 0. The lowest BCUT2D eigenvalue weighted by atomic mass is 10.1. The third kappa shape index (κ3) is 2.29. The van der Waals surface area contributed by atoms with Gasteiger partial charge in [-0.3, -0.25) is 0 Å². The van der Waals surface area contributed by atoms with Crippen LogP contribution in [0.5, 0.6) is 5.75 Å². The van der Waals surface area contributed by atoms with Gasteiger partial charge in [-0.1, -0.05) is 11.6 Å². The standard InChI is InChI=1S/C10H7BrClNO3/c1-2-16-10(15)6-3-5(4-13)8(12)7(11)9(6)14/h3,14H,2H2,1H3. The van der Waals surface area contributed by atoms with Crippen molar-refractivity contribution >= 4 is 33.5 Å². The molecule has 0 saturated heterocycles. The normalized spacial score (nSPS) is 9.62. The van der Waals surface area contributed by atoms with Gasteiger partial charge in [0, 0.05) is 0 Å². The van der Waals surface area contributed by atoms with E-state index in [-0.39, 0.29) is 33.0 Å². The maximum absolute atomic E-state index is 11.4. The van der Waals surface area contributed by atoms with Crippen molar-refractivity contribution in [2.75, 3.05) is 6.61 Å². The van der Waals surface area contributed by atoms with Gasteiger partial charge in [0.05, 0.1) is 21.7 Å². The van der Waals surface area contributed by atoms with Gasteiger partial charge < -0.3 is 9.84 Å². The Morgan fingerprint density at radius 2 is 2.38 bits per heavy atom. The van der Waals surface area contributed by atoms with Crippen LogP contribution in [0, 0.1) is 11.3 Å². The minimum atomic E-state index is -0.700. The lowest BCUT2D eigenvalue weighted by Gasteiger charge is -2.08. The summed E-state index contributed by atoms with van der Waals surface area (Å²) in [5, 5.41) is 18.5. The van der Waals surface area contributed by atoms with Crippen molar-refractivity contribution < 1.29 is 14.6 Å². The molecule has 0 amide bonds. The Balaban J connectivity index is 3.37. The van der Waals surface area contributed by atoms with Crippen molar-refractivity contribution in [3.63, 3.8) is 0 Å². The maximum Gasteiger partial charge on any atom is 0.341 e. The van der Waals surface area contributed by atoms with E-state index < -0.39 is 5.97 Å². The highest BCUT2D eigenvalue weighted by Gasteiger charge is 2.20. The van der Waals surface area contributed by atoms with Crippen LogP contribution in [0.4, 0.5) is 0 Å². The van der Waals surface area contributed by atoms with Gasteiger partial charge in [0.25, 0.3) is 0 Å². The number of nitriles is 1. The molecule has 0 saturated carbocycles. The molecule has 1 N–H and O–H groups in total. The van der Waals surface area contributed by atoms with Crippen molar-refractivity contribution in [2.24, 2.45) is 0 Å². The van der Waals surface area contributed by atoms with Crippen LogP contribution in [0.3, 0.4) is 0 Å². The number of halogens is 2. The van der Waals surface area contributed by atoms with E-state index in [0.29, 0.717) is 0 Å². The summed E-state index contributed by atoms with van der Waals surface area (Å²) in [7, 11) is 0. The van der Waals surface area contributed by atoms with Gasteiger partial charge in [-0.25, -0.2) is 4.79 Å². The number of hydrogen-bond acceptors (Lipinski definition) is 4. The lowest BCUT2D eigenvalue weighted by Crippen LogP contribution is -2.06. The number of phenolic OH excluding ortho intramolecular Hbond substituents is 1. The van der Waals surface area contributed by atoms with E-state index >= 15 is 0 Å². The van der Waals surface area contributed by atoms with Gasteiger partial charge >= 0.3 is 5.97 Å². The Hall–Kier alpha value is -1.25. The Kier molecular flexibility index (Phi) is 4.16. The summed E-state index contributed by atoms with van der Waals surface area (Å²) in [6, 6.07) is 3.01. The van der Waals surface area contributed by atoms with Crippen LogP contribution >= 0.6 is 27.5 Å². The van der Waals surface area contributed by atoms with Crippen LogP contribution in [-0.2, 0) is 4.74 Å². The van der Waals surface area contributed by atoms with E-state index in [1.165, 1.54) is 6.07 Å². The topological polar surface area (TPSA) is 70.3 Å². The second kappa shape index (κ2) is 5.19. The van der Waals surface area contributed by atoms with Gasteiger partial charge in [0.15, 0.2) is 0 Å². The number of benzene rings is 1. The summed E-state index contributed by atoms with van der Waals surface area (Å²) in [5.41, 5.74) is 0.00377. The van der Waals surface area contributed by atoms with Crippen molar-refractivity contribution in [1.82, 2.24) is 0 Å². The average Bonchev–Trinajstić information content (AvgIpc) is 2.27. The molecule has 0 aliphatic rings. The Morgan fingerprint density at radius 3 is 2.88 bits per heavy atom. The van der Waals surface area contributed by atoms with Crippen molar-refractivity contribution in [1.29, 1.82) is 5.26 Å². The molecule has 6 heteroatoms. The molecular formula is C10H7BrClNO3. The number of carbonyl (C=O) groups is 1. The molecule has 16 heavy (non-hydrogen) atoms. The fourth-order valence-electron chi connectivity index (χ4n) is 1.06. The van der Waals surface area contributed by atoms with Crippen molar-refractivity contribution in [2.45, 2.75) is 6.92 Å². The van der Waals surface area contributed by atoms with E-state index in [4.69, 9.17) is 21.6 Å². The third-order valence-corrected chi connectivity index (χ3v) is 3.19. The fraction of sp³-hybridized carbons (Fsp3) is 0.200. The predicted molar refractivity (Wildman–Crippen MR) is 61.5 cm³/mol. The van der Waals surface area contributed by atoms with E-state index in [0.717, 1.165) is 0 Å². The molecule has 0 aromatic heterocycles. The average molecular weight is 305 g/mol. The molecule has 0 heterocycles. The van der Waals surface area contributed by atoms with Gasteiger partial charge in [0.2, 0.25) is 0 Å². The van der Waals surface area contributed by atoms with Crippen LogP contribution in [0.1, 0.15) is 22.8 Å². The largest absolute Gasteiger partial charge is 0.506 e. The minimum absolute atomic E-state index is 0.0630. The molecular weight excluding hydrogens is 297 g/mol. The first-order valence-corrected chi connectivity index (χ1v) is 5.48. The molecule has 84 valence electrons. The Labute approximate surface area is 106 Å². The molecule has 0 unspecified atom stereocenters. The first kappa shape index (κ1) is 12.8. The highest BCUT2D eigenvalue weighted by molar-refractivity contribution is 9.10. The smallest absolute Gasteiger partial charge is 0.341 e. The fourth-order valence-corrected chi connectivity index (χ4v) is 1.68. The first-order valence-electron chi connectivity index (χ1n) is 4.31. The third-order valence-electron chi connectivity index (χ3n) is 1.80. The quantitative estimate of drug-likeness (QED) is 0.853. The van der Waals surface area contributed by atoms with Gasteiger partial charge in [-0.15, -0.1) is 0 Å². The SMILES string of the molecule is CCOC(=O)c1cc(C#N)c(Cl)c(Br)c1O. The molecule has 0 bridgehead atoms. The van der Waals surface area contributed by atoms with Crippen molar-refractivity contribution in [3.8, 4) is 11.8 Å². The minimum Gasteiger partial charge on any atom is -0.506 e. The molecule has 1 rings (SSSR count). The zero-order valence-corrected chi connectivity index (χ0v) is 10.6. The van der Waals surface area contributed by atoms with E-state index in [2.05, 4.69) is 15.9 Å². The van der Waals surface area contributed by atoms with E-state index in [1.54, 1.807) is 6.92 Å². The van der Waals surface area contributed by atoms with Crippen LogP contribution in [-0.4, -0.2) is 17.7 Å². The monoisotopic (exact) mass is 303 g/mol. The number of aromatic hydroxyl groups is 1. The van der Waals surface area contributed by atoms with Crippen molar-refractivity contribution in [3.05, 3.63) is 26.7 Å². The number of rotatable bonds is 2. The number of nitrogens with zero attached hydrogens (tertiary/aromatic N) is 1. The molecule has 4 nitrogen and oxygen atoms in total. The molecule has 1 aromatic rings. The lowest BCUT2D eigenvalue weighted by molar-refractivity contribution is 0.0523. The molecule has 0 fully saturated rings. The molecule has 0 aliphatic heterocycles. The van der Waals surface area contributed by atoms with E-state index in [9.17, 15) is 9.90 Å². The number of carbonyl (C=O) groups excluding carboxylic acids is 1. The molecule has 0 spiro atoms. The van der Waals surface area contributed by atoms with Crippen LogP contribution in [0.25, 0.3) is 0 Å². The summed E-state index contributed by atoms with van der Waals surface area (Å²) in [4.78, 5) is 11.4. The molecule has 0 radical (unpaired) electrons. The summed E-state index contributed by atoms with van der Waals surface area (Å²) in [5.74, 6) is -1.03. The highest BCUT2D eigenvalue weighted by atomic mass is 79.9. The first-order chi connectivity index (χ1) is 7.52. The number of phenols is 1. The summed E-state index contributed by atoms with van der Waals surface area (Å²) < 4.78 is 4.84. The second-order valence-corrected chi connectivity index (χ2v) is 3.95. The Bertz CT molecular complexity index is 482. The summed E-state index contributed by atoms with van der Waals surface area (Å²) in [6.45, 7) is 1.82. The Morgan fingerprint density at radius 1 is 1.75 bits per heavy atom. The second-order valence-electron chi connectivity index (χ2n) is 2.78. The zero-order chi connectivity index (χ0) is 12.3. The van der Waals surface area contributed by atoms with E-state index in [1.807, 2.05) is 6.07 Å². The van der Waals surface area contributed by atoms with Gasteiger partial charge in [-0.05, 0) is 28.9 Å². The van der Waals surface area contributed by atoms with Gasteiger partial charge in [-0.2, -0.15) is 5.26 Å².